The molecule has 0 aromatic rings. The third-order valence-electron chi connectivity index (χ3n) is 1.72. The predicted octanol–water partition coefficient (Wildman–Crippen LogP) is -3.27. The van der Waals surface area contributed by atoms with Crippen LogP contribution in [0.15, 0.2) is 22.1 Å². The molecule has 0 saturated carbocycles. The van der Waals surface area contributed by atoms with Crippen LogP contribution >= 0.6 is 0 Å². The van der Waals surface area contributed by atoms with Gasteiger partial charge in [-0.25, -0.2) is 18.0 Å². The van der Waals surface area contributed by atoms with Crippen molar-refractivity contribution in [3.63, 3.8) is 0 Å². The molecule has 0 atom stereocenters. The topological polar surface area (TPSA) is 91.3 Å². The number of hydrogen-bond acceptors (Lipinski definition) is 5. The van der Waals surface area contributed by atoms with Gasteiger partial charge in [0, 0.05) is 28.9 Å². The van der Waals surface area contributed by atoms with E-state index in [1.807, 2.05) is 0 Å². The first-order chi connectivity index (χ1) is 6.47. The fraction of sp³-hybridized carbons (Fsp3) is 0.250. The molecule has 1 aliphatic carbocycles. The van der Waals surface area contributed by atoms with Crippen LogP contribution in [0, 0.1) is 0 Å². The second-order valence-electron chi connectivity index (χ2n) is 2.75. The quantitative estimate of drug-likeness (QED) is 0.277. The Kier molecular flexibility index (Phi) is 6.13. The van der Waals surface area contributed by atoms with E-state index in [1.54, 1.807) is 0 Å². The van der Waals surface area contributed by atoms with Gasteiger partial charge in [-0.2, -0.15) is 0 Å². The van der Waals surface area contributed by atoms with Gasteiger partial charge in [0.25, 0.3) is 0 Å². The van der Waals surface area contributed by atoms with Crippen molar-refractivity contribution in [1.29, 1.82) is 0 Å². The monoisotopic (exact) mass is 252 g/mol. The maximum atomic E-state index is 10.6. The summed E-state index contributed by atoms with van der Waals surface area (Å²) in [5.74, 6) is 2.95. The number of carbonyl (C=O) groups excluding carboxylic acids is 2. The summed E-state index contributed by atoms with van der Waals surface area (Å²) in [5.41, 5.74) is 0.0456. The molecule has 0 unspecified atom stereocenters. The van der Waals surface area contributed by atoms with Crippen LogP contribution in [0.1, 0.15) is 12.8 Å². The first kappa shape index (κ1) is 15.2. The summed E-state index contributed by atoms with van der Waals surface area (Å²) >= 11 is 0. The van der Waals surface area contributed by atoms with Gasteiger partial charge in [-0.05, 0) is 6.08 Å². The minimum Gasteiger partial charge on any atom is -0.744 e. The molecule has 0 spiro atoms. The number of allylic oxidation sites excluding steroid dienone is 4. The molecule has 0 saturated heterocycles. The van der Waals surface area contributed by atoms with Crippen molar-refractivity contribution in [2.24, 2.45) is 0 Å². The van der Waals surface area contributed by atoms with Gasteiger partial charge in [0.05, 0.1) is 0 Å². The first-order valence-electron chi connectivity index (χ1n) is 3.60. The zero-order valence-corrected chi connectivity index (χ0v) is 11.9. The minimum absolute atomic E-state index is 0. The van der Waals surface area contributed by atoms with Gasteiger partial charge in [-0.15, -0.1) is 0 Å². The normalized spacial score (nSPS) is 15.9. The number of hydrogen-bond donors (Lipinski definition) is 0. The van der Waals surface area contributed by atoms with E-state index < -0.39 is 15.0 Å². The summed E-state index contributed by atoms with van der Waals surface area (Å²) in [5, 5.41) is 0. The van der Waals surface area contributed by atoms with Crippen molar-refractivity contribution in [3.05, 3.63) is 22.1 Å². The summed E-state index contributed by atoms with van der Waals surface area (Å²) in [6.45, 7) is 0. The van der Waals surface area contributed by atoms with E-state index in [2.05, 4.69) is 0 Å². The van der Waals surface area contributed by atoms with Gasteiger partial charge in [0.2, 0.25) is 0 Å². The smallest absolute Gasteiger partial charge is 0.744 e. The van der Waals surface area contributed by atoms with Crippen molar-refractivity contribution in [1.82, 2.24) is 0 Å². The third kappa shape index (κ3) is 4.28. The Hall–Kier alpha value is 0.186. The van der Waals surface area contributed by atoms with Crippen LogP contribution in [-0.2, 0) is 19.7 Å². The molecule has 1 rings (SSSR count). The van der Waals surface area contributed by atoms with Crippen LogP contribution in [0.5, 0.6) is 0 Å². The Labute approximate surface area is 129 Å². The summed E-state index contributed by atoms with van der Waals surface area (Å²) < 4.78 is 31.8. The van der Waals surface area contributed by atoms with E-state index in [0.717, 1.165) is 6.08 Å². The molecule has 0 aromatic carbocycles. The van der Waals surface area contributed by atoms with Gasteiger partial charge < -0.3 is 4.55 Å². The number of rotatable bonds is 1. The van der Waals surface area contributed by atoms with Crippen LogP contribution in [0.25, 0.3) is 0 Å². The molecule has 0 bridgehead atoms. The summed E-state index contributed by atoms with van der Waals surface area (Å²) in [4.78, 5) is 20.0. The van der Waals surface area contributed by atoms with Gasteiger partial charge >= 0.3 is 51.4 Å². The molecule has 0 aliphatic heterocycles. The van der Waals surface area contributed by atoms with E-state index in [1.165, 1.54) is 11.9 Å². The Balaban J connectivity index is 0.00000196. The van der Waals surface area contributed by atoms with E-state index in [4.69, 9.17) is 0 Å². The standard InChI is InChI=1S/C8H6O5S.K/c9-4-6-1-7(5-10)3-8(2-6)14(11,12)13;/h2H,1,3H2,(H,11,12,13);/q;+1/p-1. The van der Waals surface area contributed by atoms with Gasteiger partial charge in [0.1, 0.15) is 22.0 Å². The molecule has 0 N–H and O–H groups in total. The zero-order chi connectivity index (χ0) is 10.8. The Bertz CT molecular complexity index is 489. The van der Waals surface area contributed by atoms with Crippen molar-refractivity contribution >= 4 is 22.0 Å². The van der Waals surface area contributed by atoms with Crippen molar-refractivity contribution in [2.45, 2.75) is 12.8 Å². The predicted molar refractivity (Wildman–Crippen MR) is 45.4 cm³/mol. The van der Waals surface area contributed by atoms with Crippen LogP contribution in [0.2, 0.25) is 0 Å². The molecule has 0 heterocycles. The largest absolute Gasteiger partial charge is 1.00 e. The molecular formula is C8H5KO5S. The van der Waals surface area contributed by atoms with Gasteiger partial charge in [-0.1, -0.05) is 0 Å². The fourth-order valence-electron chi connectivity index (χ4n) is 1.10. The minimum atomic E-state index is -4.60. The van der Waals surface area contributed by atoms with Crippen LogP contribution < -0.4 is 51.4 Å². The maximum absolute atomic E-state index is 10.6. The fourth-order valence-corrected chi connectivity index (χ4v) is 1.73. The van der Waals surface area contributed by atoms with E-state index in [0.29, 0.717) is 0 Å². The molecule has 0 aromatic heterocycles. The van der Waals surface area contributed by atoms with E-state index >= 15 is 0 Å². The Morgan fingerprint density at radius 3 is 2.20 bits per heavy atom. The van der Waals surface area contributed by atoms with Crippen molar-refractivity contribution in [2.75, 3.05) is 0 Å². The summed E-state index contributed by atoms with van der Waals surface area (Å²) in [6, 6.07) is 0. The second kappa shape index (κ2) is 6.05. The zero-order valence-electron chi connectivity index (χ0n) is 7.94. The van der Waals surface area contributed by atoms with Gasteiger partial charge in [0.15, 0.2) is 0 Å². The third-order valence-corrected chi connectivity index (χ3v) is 2.63. The summed E-state index contributed by atoms with van der Waals surface area (Å²) in [6.07, 6.45) is 0.697. The van der Waals surface area contributed by atoms with E-state index in [-0.39, 0.29) is 75.4 Å². The average Bonchev–Trinajstić information content (AvgIpc) is 2.15. The molecule has 7 heteroatoms. The van der Waals surface area contributed by atoms with Gasteiger partial charge in [-0.3, -0.25) is 0 Å². The Morgan fingerprint density at radius 2 is 1.80 bits per heavy atom. The van der Waals surface area contributed by atoms with Crippen molar-refractivity contribution in [3.8, 4) is 0 Å². The average molecular weight is 252 g/mol. The first-order valence-corrected chi connectivity index (χ1v) is 5.01. The molecule has 5 nitrogen and oxygen atoms in total. The van der Waals surface area contributed by atoms with E-state index in [9.17, 15) is 22.6 Å². The molecule has 0 amide bonds. The molecule has 0 radical (unpaired) electrons. The Morgan fingerprint density at radius 1 is 1.20 bits per heavy atom. The van der Waals surface area contributed by atoms with Crippen LogP contribution in [-0.4, -0.2) is 24.9 Å². The maximum Gasteiger partial charge on any atom is 1.00 e. The molecule has 1 aliphatic rings. The molecular weight excluding hydrogens is 247 g/mol. The van der Waals surface area contributed by atoms with Crippen LogP contribution in [0.4, 0.5) is 0 Å². The molecule has 0 fully saturated rings. The van der Waals surface area contributed by atoms with Crippen LogP contribution in [0.3, 0.4) is 0 Å². The molecule has 74 valence electrons. The SMILES string of the molecule is O=C=C1C=C(S(=O)(=O)[O-])CC(=C=O)C1.[K+]. The van der Waals surface area contributed by atoms with Crippen molar-refractivity contribution < 1.29 is 73.9 Å². The summed E-state index contributed by atoms with van der Waals surface area (Å²) in [7, 11) is -4.60. The molecule has 15 heavy (non-hydrogen) atoms. The second-order valence-corrected chi connectivity index (χ2v) is 4.18.